The summed E-state index contributed by atoms with van der Waals surface area (Å²) in [4.78, 5) is 10.9. The average molecular weight is 220 g/mol. The Labute approximate surface area is 82.1 Å². The van der Waals surface area contributed by atoms with Crippen LogP contribution in [0.3, 0.4) is 0 Å². The van der Waals surface area contributed by atoms with Gasteiger partial charge in [0.2, 0.25) is 0 Å². The lowest BCUT2D eigenvalue weighted by molar-refractivity contribution is -0.144. The van der Waals surface area contributed by atoms with Crippen molar-refractivity contribution >= 4 is 5.97 Å². The average Bonchev–Trinajstić information content (AvgIpc) is 2.75. The van der Waals surface area contributed by atoms with Crippen LogP contribution in [0.15, 0.2) is 6.20 Å². The number of alkyl halides is 3. The van der Waals surface area contributed by atoms with Gasteiger partial charge in [-0.25, -0.2) is 0 Å². The summed E-state index contributed by atoms with van der Waals surface area (Å²) in [5.74, 6) is -1.23. The molecule has 0 radical (unpaired) electrons. The van der Waals surface area contributed by atoms with Crippen LogP contribution in [0.2, 0.25) is 0 Å². The van der Waals surface area contributed by atoms with E-state index < -0.39 is 23.3 Å². The molecule has 1 fully saturated rings. The highest BCUT2D eigenvalue weighted by molar-refractivity contribution is 5.85. The van der Waals surface area contributed by atoms with Crippen LogP contribution in [-0.4, -0.2) is 21.3 Å². The fourth-order valence-electron chi connectivity index (χ4n) is 1.59. The van der Waals surface area contributed by atoms with Gasteiger partial charge in [-0.2, -0.15) is 18.3 Å². The number of carboxylic acid groups (broad SMARTS) is 1. The number of aromatic amines is 1. The van der Waals surface area contributed by atoms with E-state index in [1.807, 2.05) is 5.10 Å². The first-order valence-corrected chi connectivity index (χ1v) is 4.22. The van der Waals surface area contributed by atoms with Gasteiger partial charge in [0.1, 0.15) is 5.69 Å². The minimum atomic E-state index is -4.59. The predicted molar refractivity (Wildman–Crippen MR) is 42.1 cm³/mol. The summed E-state index contributed by atoms with van der Waals surface area (Å²) in [5.41, 5.74) is -2.69. The van der Waals surface area contributed by atoms with Gasteiger partial charge in [-0.05, 0) is 12.8 Å². The Morgan fingerprint density at radius 3 is 2.53 bits per heavy atom. The fourth-order valence-corrected chi connectivity index (χ4v) is 1.59. The van der Waals surface area contributed by atoms with Crippen molar-refractivity contribution in [3.63, 3.8) is 0 Å². The number of aliphatic carboxylic acids is 1. The highest BCUT2D eigenvalue weighted by atomic mass is 19.4. The minimum absolute atomic E-state index is 0.227. The normalized spacial score (nSPS) is 18.9. The summed E-state index contributed by atoms with van der Waals surface area (Å²) >= 11 is 0. The maximum atomic E-state index is 12.4. The molecule has 0 bridgehead atoms. The van der Waals surface area contributed by atoms with Crippen molar-refractivity contribution in [1.29, 1.82) is 0 Å². The molecule has 1 saturated carbocycles. The molecule has 0 aliphatic heterocycles. The largest absolute Gasteiger partial charge is 0.481 e. The van der Waals surface area contributed by atoms with Crippen molar-refractivity contribution in [1.82, 2.24) is 10.2 Å². The molecule has 2 N–H and O–H groups in total. The van der Waals surface area contributed by atoms with Crippen LogP contribution in [-0.2, 0) is 16.4 Å². The maximum Gasteiger partial charge on any atom is 0.433 e. The van der Waals surface area contributed by atoms with Gasteiger partial charge in [-0.15, -0.1) is 0 Å². The van der Waals surface area contributed by atoms with Crippen molar-refractivity contribution in [3.8, 4) is 0 Å². The molecule has 1 aromatic rings. The summed E-state index contributed by atoms with van der Waals surface area (Å²) in [5, 5.41) is 13.9. The third kappa shape index (κ3) is 1.38. The van der Waals surface area contributed by atoms with E-state index in [4.69, 9.17) is 5.11 Å². The molecule has 1 heterocycles. The Hall–Kier alpha value is -1.53. The highest BCUT2D eigenvalue weighted by Crippen LogP contribution is 2.51. The number of H-pyrrole nitrogens is 1. The first kappa shape index (κ1) is 10.0. The quantitative estimate of drug-likeness (QED) is 0.794. The zero-order valence-corrected chi connectivity index (χ0v) is 7.43. The first-order valence-electron chi connectivity index (χ1n) is 4.22. The number of hydrogen-bond acceptors (Lipinski definition) is 2. The number of nitrogens with zero attached hydrogens (tertiary/aromatic N) is 1. The Balaban J connectivity index is 2.47. The standard InChI is InChI=1S/C8H7F3N2O2/c9-8(10,11)5-4(3-12-13-5)7(1-2-7)6(14)15/h3H,1-2H2,(H,12,13)(H,14,15). The lowest BCUT2D eigenvalue weighted by Gasteiger charge is -2.11. The Morgan fingerprint density at radius 1 is 1.53 bits per heavy atom. The molecular weight excluding hydrogens is 213 g/mol. The summed E-state index contributed by atoms with van der Waals surface area (Å²) in [6.07, 6.45) is -3.18. The summed E-state index contributed by atoms with van der Waals surface area (Å²) in [7, 11) is 0. The van der Waals surface area contributed by atoms with Gasteiger partial charge in [0.25, 0.3) is 0 Å². The van der Waals surface area contributed by atoms with Crippen LogP contribution in [0.25, 0.3) is 0 Å². The van der Waals surface area contributed by atoms with Crippen molar-refractivity contribution in [3.05, 3.63) is 17.5 Å². The highest BCUT2D eigenvalue weighted by Gasteiger charge is 2.56. The van der Waals surface area contributed by atoms with Crippen molar-refractivity contribution < 1.29 is 23.1 Å². The Morgan fingerprint density at radius 2 is 2.13 bits per heavy atom. The minimum Gasteiger partial charge on any atom is -0.481 e. The first-order chi connectivity index (χ1) is 6.88. The van der Waals surface area contributed by atoms with Crippen molar-refractivity contribution in [2.45, 2.75) is 24.4 Å². The molecule has 1 aromatic heterocycles. The molecule has 0 spiro atoms. The lowest BCUT2D eigenvalue weighted by atomic mass is 9.96. The van der Waals surface area contributed by atoms with E-state index in [9.17, 15) is 18.0 Å². The van der Waals surface area contributed by atoms with E-state index in [0.29, 0.717) is 0 Å². The molecule has 2 rings (SSSR count). The van der Waals surface area contributed by atoms with Crippen LogP contribution in [0.4, 0.5) is 13.2 Å². The number of carbonyl (C=O) groups is 1. The van der Waals surface area contributed by atoms with E-state index in [0.717, 1.165) is 6.20 Å². The molecular formula is C8H7F3N2O2. The number of halogens is 3. The molecule has 0 unspecified atom stereocenters. The molecule has 1 aliphatic rings. The number of hydrogen-bond donors (Lipinski definition) is 2. The Kier molecular flexibility index (Phi) is 1.83. The molecule has 82 valence electrons. The number of rotatable bonds is 2. The van der Waals surface area contributed by atoms with E-state index in [1.54, 1.807) is 0 Å². The second-order valence-corrected chi connectivity index (χ2v) is 3.54. The Bertz CT molecular complexity index is 406. The van der Waals surface area contributed by atoms with Crippen LogP contribution >= 0.6 is 0 Å². The van der Waals surface area contributed by atoms with Gasteiger partial charge in [-0.1, -0.05) is 0 Å². The van der Waals surface area contributed by atoms with Crippen LogP contribution in [0.5, 0.6) is 0 Å². The number of nitrogens with one attached hydrogen (secondary N) is 1. The van der Waals surface area contributed by atoms with Crippen molar-refractivity contribution in [2.24, 2.45) is 0 Å². The van der Waals surface area contributed by atoms with E-state index >= 15 is 0 Å². The second-order valence-electron chi connectivity index (χ2n) is 3.54. The molecule has 1 aliphatic carbocycles. The van der Waals surface area contributed by atoms with Crippen molar-refractivity contribution in [2.75, 3.05) is 0 Å². The second kappa shape index (κ2) is 2.74. The molecule has 4 nitrogen and oxygen atoms in total. The third-order valence-corrected chi connectivity index (χ3v) is 2.60. The monoisotopic (exact) mass is 220 g/mol. The summed E-state index contributed by atoms with van der Waals surface area (Å²) in [6.45, 7) is 0. The zero-order valence-electron chi connectivity index (χ0n) is 7.43. The molecule has 0 atom stereocenters. The van der Waals surface area contributed by atoms with Gasteiger partial charge < -0.3 is 5.11 Å². The maximum absolute atomic E-state index is 12.4. The summed E-state index contributed by atoms with van der Waals surface area (Å²) in [6, 6.07) is 0. The van der Waals surface area contributed by atoms with E-state index in [1.165, 1.54) is 0 Å². The van der Waals surface area contributed by atoms with Gasteiger partial charge in [0.05, 0.1) is 11.6 Å². The SMILES string of the molecule is O=C(O)C1(c2cn[nH]c2C(F)(F)F)CC1. The molecule has 7 heteroatoms. The molecule has 0 amide bonds. The topological polar surface area (TPSA) is 66.0 Å². The summed E-state index contributed by atoms with van der Waals surface area (Å²) < 4.78 is 37.3. The number of carboxylic acids is 1. The van der Waals surface area contributed by atoms with Gasteiger partial charge in [0.15, 0.2) is 0 Å². The fraction of sp³-hybridized carbons (Fsp3) is 0.500. The van der Waals surface area contributed by atoms with Crippen LogP contribution in [0.1, 0.15) is 24.1 Å². The zero-order chi connectivity index (χ0) is 11.3. The van der Waals surface area contributed by atoms with Crippen LogP contribution in [0, 0.1) is 0 Å². The number of aromatic nitrogens is 2. The van der Waals surface area contributed by atoms with Crippen LogP contribution < -0.4 is 0 Å². The van der Waals surface area contributed by atoms with Gasteiger partial charge in [0, 0.05) is 5.56 Å². The van der Waals surface area contributed by atoms with E-state index in [-0.39, 0.29) is 18.4 Å². The smallest absolute Gasteiger partial charge is 0.433 e. The van der Waals surface area contributed by atoms with Gasteiger partial charge >= 0.3 is 12.1 Å². The third-order valence-electron chi connectivity index (χ3n) is 2.60. The predicted octanol–water partition coefficient (Wildman–Crippen LogP) is 1.54. The lowest BCUT2D eigenvalue weighted by Crippen LogP contribution is -2.23. The van der Waals surface area contributed by atoms with E-state index in [2.05, 4.69) is 5.10 Å². The molecule has 0 aromatic carbocycles. The van der Waals surface area contributed by atoms with Gasteiger partial charge in [-0.3, -0.25) is 9.89 Å². The molecule has 0 saturated heterocycles. The molecule has 15 heavy (non-hydrogen) atoms.